The van der Waals surface area contributed by atoms with Crippen molar-refractivity contribution in [3.63, 3.8) is 0 Å². The Labute approximate surface area is 168 Å². The highest BCUT2D eigenvalue weighted by molar-refractivity contribution is 6.34. The van der Waals surface area contributed by atoms with Crippen LogP contribution >= 0.6 is 11.6 Å². The Balaban J connectivity index is 1.66. The summed E-state index contributed by atoms with van der Waals surface area (Å²) < 4.78 is 5.44. The number of anilines is 1. The molecule has 6 nitrogen and oxygen atoms in total. The summed E-state index contributed by atoms with van der Waals surface area (Å²) in [5.74, 6) is 0.588. The molecule has 2 aromatic heterocycles. The van der Waals surface area contributed by atoms with Gasteiger partial charge < -0.3 is 10.1 Å². The maximum absolute atomic E-state index is 9.01. The topological polar surface area (TPSA) is 83.7 Å². The molecular weight excluding hydrogens is 374 g/mol. The minimum Gasteiger partial charge on any atom is -0.381 e. The summed E-state index contributed by atoms with van der Waals surface area (Å²) in [6.45, 7) is 0. The first kappa shape index (κ1) is 18.6. The fourth-order valence-corrected chi connectivity index (χ4v) is 3.81. The summed E-state index contributed by atoms with van der Waals surface area (Å²) in [7, 11) is 1.77. The van der Waals surface area contributed by atoms with Gasteiger partial charge in [0, 0.05) is 31.1 Å². The van der Waals surface area contributed by atoms with Gasteiger partial charge in [-0.1, -0.05) is 23.7 Å². The van der Waals surface area contributed by atoms with Crippen LogP contribution in [-0.2, 0) is 4.74 Å². The number of nitrogens with zero attached hydrogens (tertiary/aromatic N) is 4. The quantitative estimate of drug-likeness (QED) is 0.653. The Morgan fingerprint density at radius 1 is 1.11 bits per heavy atom. The van der Waals surface area contributed by atoms with Crippen LogP contribution in [0.15, 0.2) is 36.7 Å². The van der Waals surface area contributed by atoms with Gasteiger partial charge in [0.2, 0.25) is 5.95 Å². The molecule has 0 bridgehead atoms. The summed E-state index contributed by atoms with van der Waals surface area (Å²) in [6.07, 6.45) is 7.91. The highest BCUT2D eigenvalue weighted by atomic mass is 35.5. The van der Waals surface area contributed by atoms with E-state index < -0.39 is 0 Å². The molecule has 1 aromatic carbocycles. The maximum atomic E-state index is 9.01. The lowest BCUT2D eigenvalue weighted by Crippen LogP contribution is -2.29. The summed E-state index contributed by atoms with van der Waals surface area (Å²) in [4.78, 5) is 13.5. The molecule has 0 atom stereocenters. The first-order valence-corrected chi connectivity index (χ1v) is 9.67. The average Bonchev–Trinajstić information content (AvgIpc) is 2.75. The van der Waals surface area contributed by atoms with Gasteiger partial charge in [-0.05, 0) is 43.4 Å². The number of fused-ring (bicyclic) bond motifs is 1. The van der Waals surface area contributed by atoms with E-state index in [1.54, 1.807) is 31.6 Å². The van der Waals surface area contributed by atoms with E-state index in [2.05, 4.69) is 21.4 Å². The van der Waals surface area contributed by atoms with Crippen LogP contribution in [0.5, 0.6) is 0 Å². The first-order valence-electron chi connectivity index (χ1n) is 9.29. The van der Waals surface area contributed by atoms with Gasteiger partial charge in [-0.2, -0.15) is 5.26 Å². The van der Waals surface area contributed by atoms with Crippen molar-refractivity contribution in [2.75, 3.05) is 12.4 Å². The van der Waals surface area contributed by atoms with Gasteiger partial charge >= 0.3 is 0 Å². The summed E-state index contributed by atoms with van der Waals surface area (Å²) in [5, 5.41) is 13.5. The summed E-state index contributed by atoms with van der Waals surface area (Å²) >= 11 is 6.27. The van der Waals surface area contributed by atoms with Gasteiger partial charge in [0.25, 0.3) is 0 Å². The molecular formula is C21H20ClN5O. The fraction of sp³-hybridized carbons (Fsp3) is 0.333. The third-order valence-electron chi connectivity index (χ3n) is 5.24. The monoisotopic (exact) mass is 393 g/mol. The Morgan fingerprint density at radius 2 is 1.86 bits per heavy atom. The van der Waals surface area contributed by atoms with Crippen LogP contribution in [-0.4, -0.2) is 34.2 Å². The SMILES string of the molecule is COC1CCC(Nc2ncc3c(Cl)ncc(-c4ccc(C#N)cc4)c3n2)CC1. The molecule has 1 N–H and O–H groups in total. The van der Waals surface area contributed by atoms with Crippen molar-refractivity contribution in [1.29, 1.82) is 5.26 Å². The van der Waals surface area contributed by atoms with E-state index in [4.69, 9.17) is 26.6 Å². The number of aromatic nitrogens is 3. The van der Waals surface area contributed by atoms with Crippen molar-refractivity contribution in [3.8, 4) is 17.2 Å². The Hall–Kier alpha value is -2.75. The predicted molar refractivity (Wildman–Crippen MR) is 109 cm³/mol. The Morgan fingerprint density at radius 3 is 2.54 bits per heavy atom. The number of methoxy groups -OCH3 is 1. The molecule has 0 aliphatic heterocycles. The number of pyridine rings is 1. The lowest BCUT2D eigenvalue weighted by molar-refractivity contribution is 0.0681. The van der Waals surface area contributed by atoms with Crippen LogP contribution in [0.4, 0.5) is 5.95 Å². The number of nitrogens with one attached hydrogen (secondary N) is 1. The molecule has 2 heterocycles. The second kappa shape index (κ2) is 8.09. The Bertz CT molecular complexity index is 1020. The van der Waals surface area contributed by atoms with E-state index in [1.807, 2.05) is 12.1 Å². The maximum Gasteiger partial charge on any atom is 0.223 e. The smallest absolute Gasteiger partial charge is 0.223 e. The molecule has 1 aliphatic rings. The lowest BCUT2D eigenvalue weighted by atomic mass is 9.93. The molecule has 7 heteroatoms. The molecule has 0 amide bonds. The van der Waals surface area contributed by atoms with Crippen LogP contribution in [0.1, 0.15) is 31.2 Å². The molecule has 0 spiro atoms. The minimum atomic E-state index is 0.333. The van der Waals surface area contributed by atoms with Crippen molar-refractivity contribution < 1.29 is 4.74 Å². The highest BCUT2D eigenvalue weighted by Gasteiger charge is 2.21. The van der Waals surface area contributed by atoms with Gasteiger partial charge in [0.05, 0.1) is 28.6 Å². The standard InChI is InChI=1S/C21H20ClN5O/c1-28-16-8-6-15(7-9-16)26-21-25-12-18-19(27-21)17(11-24-20(18)22)14-4-2-13(10-23)3-5-14/h2-5,11-12,15-16H,6-9H2,1H3,(H,25,26,27). The van der Waals surface area contributed by atoms with E-state index in [0.717, 1.165) is 42.3 Å². The second-order valence-corrected chi connectivity index (χ2v) is 7.32. The third-order valence-corrected chi connectivity index (χ3v) is 5.54. The van der Waals surface area contributed by atoms with Crippen molar-refractivity contribution >= 4 is 28.5 Å². The number of ether oxygens (including phenoxy) is 1. The number of hydrogen-bond donors (Lipinski definition) is 1. The molecule has 0 saturated heterocycles. The van der Waals surface area contributed by atoms with Gasteiger partial charge in [-0.25, -0.2) is 15.0 Å². The number of halogens is 1. The van der Waals surface area contributed by atoms with E-state index in [0.29, 0.717) is 34.2 Å². The van der Waals surface area contributed by atoms with Gasteiger partial charge in [-0.3, -0.25) is 0 Å². The van der Waals surface area contributed by atoms with Crippen LogP contribution in [0.2, 0.25) is 5.15 Å². The van der Waals surface area contributed by atoms with Crippen LogP contribution in [0, 0.1) is 11.3 Å². The van der Waals surface area contributed by atoms with Crippen LogP contribution < -0.4 is 5.32 Å². The highest BCUT2D eigenvalue weighted by Crippen LogP contribution is 2.31. The first-order chi connectivity index (χ1) is 13.7. The number of benzene rings is 1. The lowest BCUT2D eigenvalue weighted by Gasteiger charge is -2.28. The zero-order valence-electron chi connectivity index (χ0n) is 15.5. The van der Waals surface area contributed by atoms with Gasteiger partial charge in [-0.15, -0.1) is 0 Å². The molecule has 1 aliphatic carbocycles. The molecule has 0 unspecified atom stereocenters. The fourth-order valence-electron chi connectivity index (χ4n) is 3.62. The third kappa shape index (κ3) is 3.77. The van der Waals surface area contributed by atoms with E-state index in [1.165, 1.54) is 0 Å². The molecule has 3 aromatic rings. The number of nitriles is 1. The normalized spacial score (nSPS) is 19.3. The van der Waals surface area contributed by atoms with Crippen molar-refractivity contribution in [1.82, 2.24) is 15.0 Å². The molecule has 1 saturated carbocycles. The number of hydrogen-bond acceptors (Lipinski definition) is 6. The number of rotatable bonds is 4. The van der Waals surface area contributed by atoms with Crippen molar-refractivity contribution in [3.05, 3.63) is 47.4 Å². The van der Waals surface area contributed by atoms with E-state index in [9.17, 15) is 0 Å². The van der Waals surface area contributed by atoms with Crippen molar-refractivity contribution in [2.24, 2.45) is 0 Å². The van der Waals surface area contributed by atoms with Gasteiger partial charge in [0.15, 0.2) is 0 Å². The van der Waals surface area contributed by atoms with E-state index in [-0.39, 0.29) is 0 Å². The molecule has 0 radical (unpaired) electrons. The van der Waals surface area contributed by atoms with Crippen LogP contribution in [0.3, 0.4) is 0 Å². The average molecular weight is 394 g/mol. The van der Waals surface area contributed by atoms with E-state index >= 15 is 0 Å². The summed E-state index contributed by atoms with van der Waals surface area (Å²) in [6, 6.07) is 9.82. The van der Waals surface area contributed by atoms with Crippen LogP contribution in [0.25, 0.3) is 22.0 Å². The zero-order valence-corrected chi connectivity index (χ0v) is 16.3. The molecule has 28 heavy (non-hydrogen) atoms. The molecule has 4 rings (SSSR count). The minimum absolute atomic E-state index is 0.333. The molecule has 142 valence electrons. The Kier molecular flexibility index (Phi) is 5.38. The largest absolute Gasteiger partial charge is 0.381 e. The summed E-state index contributed by atoms with van der Waals surface area (Å²) in [5.41, 5.74) is 3.14. The van der Waals surface area contributed by atoms with Crippen molar-refractivity contribution in [2.45, 2.75) is 37.8 Å². The zero-order chi connectivity index (χ0) is 19.5. The van der Waals surface area contributed by atoms with Gasteiger partial charge in [0.1, 0.15) is 5.15 Å². The second-order valence-electron chi connectivity index (χ2n) is 6.96. The molecule has 1 fully saturated rings. The predicted octanol–water partition coefficient (Wildman–Crippen LogP) is 4.59.